The maximum atomic E-state index is 7.77. The second-order valence-electron chi connectivity index (χ2n) is 4.38. The molecule has 0 bridgehead atoms. The number of nitrogens with one attached hydrogen (secondary N) is 2. The molecule has 3 rings (SSSR count). The molecule has 0 atom stereocenters. The van der Waals surface area contributed by atoms with Crippen LogP contribution < -0.4 is 5.49 Å². The summed E-state index contributed by atoms with van der Waals surface area (Å²) in [4.78, 5) is 11.9. The van der Waals surface area contributed by atoms with Gasteiger partial charge in [-0.15, -0.1) is 0 Å². The van der Waals surface area contributed by atoms with Crippen LogP contribution in [0.25, 0.3) is 11.2 Å². The molecule has 1 aliphatic rings. The van der Waals surface area contributed by atoms with E-state index in [9.17, 15) is 0 Å². The number of aryl methyl sites for hydroxylation is 1. The molecule has 84 valence electrons. The fourth-order valence-corrected chi connectivity index (χ4v) is 1.96. The number of hydrogen-bond acceptors (Lipinski definition) is 3. The van der Waals surface area contributed by atoms with Crippen LogP contribution in [0.5, 0.6) is 0 Å². The molecule has 5 nitrogen and oxygen atoms in total. The SMILES string of the molecule is CCCn1cnc(=N)c2[nH]c(C3CC3)nc21. The van der Waals surface area contributed by atoms with E-state index >= 15 is 0 Å². The summed E-state index contributed by atoms with van der Waals surface area (Å²) in [5.41, 5.74) is 1.95. The Kier molecular flexibility index (Phi) is 2.05. The molecule has 2 aromatic rings. The standard InChI is InChI=1S/C11H15N5/c1-2-5-16-6-13-9(12)8-11(16)15-10(14-8)7-3-4-7/h6-7,12H,2-5H2,1H3,(H,14,15). The molecule has 1 aliphatic carbocycles. The monoisotopic (exact) mass is 217 g/mol. The van der Waals surface area contributed by atoms with Gasteiger partial charge in [0, 0.05) is 12.5 Å². The van der Waals surface area contributed by atoms with Gasteiger partial charge in [-0.1, -0.05) is 6.92 Å². The molecule has 0 aliphatic heterocycles. The first kappa shape index (κ1) is 9.57. The smallest absolute Gasteiger partial charge is 0.173 e. The summed E-state index contributed by atoms with van der Waals surface area (Å²) < 4.78 is 2.02. The maximum absolute atomic E-state index is 7.77. The van der Waals surface area contributed by atoms with Gasteiger partial charge in [-0.2, -0.15) is 0 Å². The summed E-state index contributed by atoms with van der Waals surface area (Å²) in [5, 5.41) is 7.77. The van der Waals surface area contributed by atoms with Crippen molar-refractivity contribution in [3.05, 3.63) is 17.6 Å². The highest BCUT2D eigenvalue weighted by Gasteiger charge is 2.27. The third-order valence-corrected chi connectivity index (χ3v) is 2.97. The number of nitrogens with zero attached hydrogens (tertiary/aromatic N) is 3. The van der Waals surface area contributed by atoms with Crippen LogP contribution in [-0.4, -0.2) is 19.5 Å². The predicted molar refractivity (Wildman–Crippen MR) is 60.0 cm³/mol. The van der Waals surface area contributed by atoms with E-state index in [4.69, 9.17) is 5.41 Å². The first-order valence-corrected chi connectivity index (χ1v) is 5.79. The van der Waals surface area contributed by atoms with E-state index in [1.807, 2.05) is 4.57 Å². The molecule has 0 unspecified atom stereocenters. The molecule has 5 heteroatoms. The molecule has 0 aromatic carbocycles. The Hall–Kier alpha value is -1.65. The number of aromatic nitrogens is 4. The van der Waals surface area contributed by atoms with Gasteiger partial charge in [0.2, 0.25) is 0 Å². The van der Waals surface area contributed by atoms with E-state index in [2.05, 4.69) is 21.9 Å². The van der Waals surface area contributed by atoms with Crippen LogP contribution in [0.15, 0.2) is 6.33 Å². The van der Waals surface area contributed by atoms with E-state index in [1.165, 1.54) is 12.8 Å². The lowest BCUT2D eigenvalue weighted by molar-refractivity contribution is 0.675. The second kappa shape index (κ2) is 3.43. The number of H-pyrrole nitrogens is 1. The zero-order valence-electron chi connectivity index (χ0n) is 9.32. The fourth-order valence-electron chi connectivity index (χ4n) is 1.96. The van der Waals surface area contributed by atoms with Crippen molar-refractivity contribution >= 4 is 11.2 Å². The summed E-state index contributed by atoms with van der Waals surface area (Å²) in [7, 11) is 0. The van der Waals surface area contributed by atoms with Crippen molar-refractivity contribution in [1.29, 1.82) is 5.41 Å². The minimum Gasteiger partial charge on any atom is -0.337 e. The van der Waals surface area contributed by atoms with Crippen molar-refractivity contribution in [3.63, 3.8) is 0 Å². The molecule has 2 aromatic heterocycles. The first-order valence-electron chi connectivity index (χ1n) is 5.79. The van der Waals surface area contributed by atoms with Crippen LogP contribution >= 0.6 is 0 Å². The molecule has 0 spiro atoms. The van der Waals surface area contributed by atoms with Crippen LogP contribution in [0.2, 0.25) is 0 Å². The Morgan fingerprint density at radius 2 is 2.38 bits per heavy atom. The highest BCUT2D eigenvalue weighted by atomic mass is 15.1. The quantitative estimate of drug-likeness (QED) is 0.818. The first-order chi connectivity index (χ1) is 7.79. The van der Waals surface area contributed by atoms with Crippen molar-refractivity contribution in [1.82, 2.24) is 19.5 Å². The van der Waals surface area contributed by atoms with Crippen LogP contribution in [-0.2, 0) is 6.54 Å². The van der Waals surface area contributed by atoms with Gasteiger partial charge in [0.05, 0.1) is 6.33 Å². The Morgan fingerprint density at radius 3 is 3.06 bits per heavy atom. The van der Waals surface area contributed by atoms with Crippen LogP contribution in [0.4, 0.5) is 0 Å². The number of aromatic amines is 1. The summed E-state index contributed by atoms with van der Waals surface area (Å²) in [6.07, 6.45) is 5.19. The third-order valence-electron chi connectivity index (χ3n) is 2.97. The Bertz CT molecular complexity index is 576. The fraction of sp³-hybridized carbons (Fsp3) is 0.545. The summed E-state index contributed by atoms with van der Waals surface area (Å²) in [6.45, 7) is 3.03. The number of hydrogen-bond donors (Lipinski definition) is 2. The number of fused-ring (bicyclic) bond motifs is 1. The van der Waals surface area contributed by atoms with Gasteiger partial charge in [-0.3, -0.25) is 5.41 Å². The minimum absolute atomic E-state index is 0.293. The molecule has 2 N–H and O–H groups in total. The second-order valence-corrected chi connectivity index (χ2v) is 4.38. The van der Waals surface area contributed by atoms with E-state index in [0.717, 1.165) is 30.0 Å². The van der Waals surface area contributed by atoms with E-state index in [1.54, 1.807) is 6.33 Å². The maximum Gasteiger partial charge on any atom is 0.173 e. The molecule has 1 saturated carbocycles. The number of rotatable bonds is 3. The lowest BCUT2D eigenvalue weighted by atomic mass is 10.4. The largest absolute Gasteiger partial charge is 0.337 e. The van der Waals surface area contributed by atoms with E-state index in [0.29, 0.717) is 11.4 Å². The van der Waals surface area contributed by atoms with Crippen molar-refractivity contribution in [2.45, 2.75) is 38.6 Å². The predicted octanol–water partition coefficient (Wildman–Crippen LogP) is 1.53. The number of imidazole rings is 1. The molecular formula is C11H15N5. The van der Waals surface area contributed by atoms with Gasteiger partial charge in [0.25, 0.3) is 0 Å². The highest BCUT2D eigenvalue weighted by Crippen LogP contribution is 2.38. The molecule has 2 heterocycles. The van der Waals surface area contributed by atoms with E-state index in [-0.39, 0.29) is 0 Å². The van der Waals surface area contributed by atoms with Crippen LogP contribution in [0.3, 0.4) is 0 Å². The molecule has 0 amide bonds. The van der Waals surface area contributed by atoms with Gasteiger partial charge in [-0.25, -0.2) is 9.97 Å². The molecular weight excluding hydrogens is 202 g/mol. The van der Waals surface area contributed by atoms with Crippen molar-refractivity contribution in [2.75, 3.05) is 0 Å². The molecule has 0 radical (unpaired) electrons. The van der Waals surface area contributed by atoms with Gasteiger partial charge < -0.3 is 9.55 Å². The lowest BCUT2D eigenvalue weighted by Gasteiger charge is -2.03. The average Bonchev–Trinajstić information content (AvgIpc) is 3.02. The lowest BCUT2D eigenvalue weighted by Crippen LogP contribution is -2.12. The van der Waals surface area contributed by atoms with Crippen LogP contribution in [0, 0.1) is 5.41 Å². The zero-order valence-corrected chi connectivity index (χ0v) is 9.32. The van der Waals surface area contributed by atoms with Crippen molar-refractivity contribution in [3.8, 4) is 0 Å². The summed E-state index contributed by atoms with van der Waals surface area (Å²) in [6, 6.07) is 0. The normalized spacial score (nSPS) is 15.8. The highest BCUT2D eigenvalue weighted by molar-refractivity contribution is 5.69. The van der Waals surface area contributed by atoms with Crippen molar-refractivity contribution < 1.29 is 0 Å². The third kappa shape index (κ3) is 1.43. The summed E-state index contributed by atoms with van der Waals surface area (Å²) >= 11 is 0. The van der Waals surface area contributed by atoms with Crippen molar-refractivity contribution in [2.24, 2.45) is 0 Å². The average molecular weight is 217 g/mol. The Morgan fingerprint density at radius 1 is 1.56 bits per heavy atom. The van der Waals surface area contributed by atoms with Gasteiger partial charge in [0.1, 0.15) is 11.3 Å². The van der Waals surface area contributed by atoms with E-state index < -0.39 is 0 Å². The Balaban J connectivity index is 2.21. The molecule has 1 fully saturated rings. The Labute approximate surface area is 93.1 Å². The molecule has 16 heavy (non-hydrogen) atoms. The minimum atomic E-state index is 0.293. The van der Waals surface area contributed by atoms with Gasteiger partial charge >= 0.3 is 0 Å². The van der Waals surface area contributed by atoms with Gasteiger partial charge in [-0.05, 0) is 19.3 Å². The topological polar surface area (TPSA) is 70.3 Å². The van der Waals surface area contributed by atoms with Crippen LogP contribution in [0.1, 0.15) is 37.9 Å². The summed E-state index contributed by atoms with van der Waals surface area (Å²) in [5.74, 6) is 1.61. The van der Waals surface area contributed by atoms with Gasteiger partial charge in [0.15, 0.2) is 11.1 Å². The zero-order chi connectivity index (χ0) is 11.1. The molecule has 0 saturated heterocycles.